The fourth-order valence-corrected chi connectivity index (χ4v) is 3.20. The van der Waals surface area contributed by atoms with Gasteiger partial charge in [0.15, 0.2) is 6.10 Å². The van der Waals surface area contributed by atoms with Gasteiger partial charge in [0.25, 0.3) is 5.91 Å². The molecule has 0 aliphatic carbocycles. The minimum atomic E-state index is -0.510. The summed E-state index contributed by atoms with van der Waals surface area (Å²) in [6.07, 6.45) is 1.82. The third-order valence-corrected chi connectivity index (χ3v) is 4.62. The Labute approximate surface area is 152 Å². The van der Waals surface area contributed by atoms with Gasteiger partial charge in [-0.1, -0.05) is 54.1 Å². The first-order chi connectivity index (χ1) is 12.7. The fourth-order valence-electron chi connectivity index (χ4n) is 3.20. The number of pyridine rings is 1. The summed E-state index contributed by atoms with van der Waals surface area (Å²) in [5.41, 5.74) is 4.05. The summed E-state index contributed by atoms with van der Waals surface area (Å²) in [7, 11) is 0. The maximum Gasteiger partial charge on any atom is 0.262 e. The molecule has 1 aliphatic heterocycles. The molecule has 1 aliphatic rings. The van der Waals surface area contributed by atoms with Crippen molar-refractivity contribution in [3.05, 3.63) is 95.3 Å². The highest BCUT2D eigenvalue weighted by molar-refractivity contribution is 5.83. The number of aryl methyl sites for hydroxylation is 1. The number of aromatic nitrogens is 1. The van der Waals surface area contributed by atoms with Gasteiger partial charge in [0.05, 0.1) is 11.7 Å². The number of carbonyl (C=O) groups is 1. The van der Waals surface area contributed by atoms with Crippen molar-refractivity contribution in [2.24, 2.45) is 0 Å². The van der Waals surface area contributed by atoms with E-state index in [1.165, 1.54) is 5.56 Å². The molecule has 0 radical (unpaired) electrons. The maximum absolute atomic E-state index is 12.9. The summed E-state index contributed by atoms with van der Waals surface area (Å²) >= 11 is 0. The predicted octanol–water partition coefficient (Wildman–Crippen LogP) is 3.60. The summed E-state index contributed by atoms with van der Waals surface area (Å²) < 4.78 is 5.83. The summed E-state index contributed by atoms with van der Waals surface area (Å²) in [5.74, 6) is 0.662. The summed E-state index contributed by atoms with van der Waals surface area (Å²) in [6.45, 7) is 2.04. The molecule has 0 unspecified atom stereocenters. The second-order valence-electron chi connectivity index (χ2n) is 6.53. The van der Waals surface area contributed by atoms with Crippen LogP contribution >= 0.6 is 0 Å². The smallest absolute Gasteiger partial charge is 0.262 e. The zero-order valence-corrected chi connectivity index (χ0v) is 14.6. The third-order valence-electron chi connectivity index (χ3n) is 4.62. The van der Waals surface area contributed by atoms with E-state index in [1.54, 1.807) is 6.20 Å². The molecule has 0 saturated carbocycles. The summed E-state index contributed by atoms with van der Waals surface area (Å²) in [4.78, 5) is 17.3. The predicted molar refractivity (Wildman–Crippen MR) is 100.0 cm³/mol. The number of carbonyl (C=O) groups excluding carboxylic acids is 1. The number of amides is 1. The standard InChI is InChI=1S/C22H20N2O2/c1-15-9-11-16(12-10-15)21(18-7-4-5-13-23-18)24-22(25)20-14-17-6-2-3-8-19(17)26-20/h2-13,20-21H,14H2,1H3,(H,24,25)/t20-,21-/m1/s1. The van der Waals surface area contributed by atoms with Crippen LogP contribution in [0.1, 0.15) is 28.4 Å². The fraction of sp³-hybridized carbons (Fsp3) is 0.182. The molecule has 2 heterocycles. The Morgan fingerprint density at radius 1 is 1.08 bits per heavy atom. The second-order valence-corrected chi connectivity index (χ2v) is 6.53. The molecule has 1 aromatic heterocycles. The summed E-state index contributed by atoms with van der Waals surface area (Å²) in [5, 5.41) is 3.12. The van der Waals surface area contributed by atoms with Gasteiger partial charge in [0.1, 0.15) is 5.75 Å². The Balaban J connectivity index is 1.57. The summed E-state index contributed by atoms with van der Waals surface area (Å²) in [6, 6.07) is 21.3. The van der Waals surface area contributed by atoms with E-state index in [4.69, 9.17) is 4.74 Å². The van der Waals surface area contributed by atoms with Crippen molar-refractivity contribution in [1.82, 2.24) is 10.3 Å². The first kappa shape index (κ1) is 16.3. The molecule has 0 spiro atoms. The van der Waals surface area contributed by atoms with Gasteiger partial charge in [-0.2, -0.15) is 0 Å². The number of hydrogen-bond acceptors (Lipinski definition) is 3. The van der Waals surface area contributed by atoms with E-state index in [2.05, 4.69) is 10.3 Å². The van der Waals surface area contributed by atoms with Gasteiger partial charge < -0.3 is 10.1 Å². The third kappa shape index (κ3) is 3.31. The van der Waals surface area contributed by atoms with Crippen LogP contribution < -0.4 is 10.1 Å². The largest absolute Gasteiger partial charge is 0.480 e. The molecule has 2 atom stereocenters. The van der Waals surface area contributed by atoms with Crippen LogP contribution in [0.5, 0.6) is 5.75 Å². The van der Waals surface area contributed by atoms with Gasteiger partial charge in [-0.3, -0.25) is 9.78 Å². The van der Waals surface area contributed by atoms with Crippen molar-refractivity contribution in [3.8, 4) is 5.75 Å². The lowest BCUT2D eigenvalue weighted by Gasteiger charge is -2.21. The van der Waals surface area contributed by atoms with Crippen LogP contribution in [0.25, 0.3) is 0 Å². The Hall–Kier alpha value is -3.14. The lowest BCUT2D eigenvalue weighted by Crippen LogP contribution is -2.40. The van der Waals surface area contributed by atoms with E-state index >= 15 is 0 Å². The SMILES string of the molecule is Cc1ccc([C@@H](NC(=O)[C@H]2Cc3ccccc3O2)c2ccccn2)cc1. The van der Waals surface area contributed by atoms with Crippen molar-refractivity contribution in [2.75, 3.05) is 0 Å². The van der Waals surface area contributed by atoms with Crippen LogP contribution in [-0.4, -0.2) is 17.0 Å². The molecule has 1 N–H and O–H groups in total. The highest BCUT2D eigenvalue weighted by Crippen LogP contribution is 2.29. The van der Waals surface area contributed by atoms with Crippen LogP contribution in [0, 0.1) is 6.92 Å². The van der Waals surface area contributed by atoms with Crippen LogP contribution in [-0.2, 0) is 11.2 Å². The van der Waals surface area contributed by atoms with Crippen molar-refractivity contribution in [2.45, 2.75) is 25.5 Å². The number of ether oxygens (including phenoxy) is 1. The maximum atomic E-state index is 12.9. The molecule has 2 aromatic carbocycles. The number of fused-ring (bicyclic) bond motifs is 1. The minimum Gasteiger partial charge on any atom is -0.480 e. The lowest BCUT2D eigenvalue weighted by atomic mass is 10.0. The van der Waals surface area contributed by atoms with E-state index < -0.39 is 6.10 Å². The number of hydrogen-bond donors (Lipinski definition) is 1. The molecule has 0 fully saturated rings. The van der Waals surface area contributed by atoms with Crippen molar-refractivity contribution in [1.29, 1.82) is 0 Å². The van der Waals surface area contributed by atoms with Crippen LogP contribution in [0.15, 0.2) is 72.9 Å². The van der Waals surface area contributed by atoms with Crippen molar-refractivity contribution < 1.29 is 9.53 Å². The van der Waals surface area contributed by atoms with Crippen molar-refractivity contribution in [3.63, 3.8) is 0 Å². The van der Waals surface area contributed by atoms with Crippen LogP contribution in [0.3, 0.4) is 0 Å². The molecule has 130 valence electrons. The van der Waals surface area contributed by atoms with Gasteiger partial charge in [-0.15, -0.1) is 0 Å². The zero-order valence-electron chi connectivity index (χ0n) is 14.6. The minimum absolute atomic E-state index is 0.127. The van der Waals surface area contributed by atoms with E-state index in [0.717, 1.165) is 22.6 Å². The number of rotatable bonds is 4. The first-order valence-corrected chi connectivity index (χ1v) is 8.73. The average Bonchev–Trinajstić information content (AvgIpc) is 3.12. The van der Waals surface area contributed by atoms with Gasteiger partial charge in [0, 0.05) is 12.6 Å². The van der Waals surface area contributed by atoms with E-state index in [9.17, 15) is 4.79 Å². The lowest BCUT2D eigenvalue weighted by molar-refractivity contribution is -0.127. The highest BCUT2D eigenvalue weighted by atomic mass is 16.5. The molecule has 4 heteroatoms. The van der Waals surface area contributed by atoms with E-state index in [0.29, 0.717) is 6.42 Å². The molecule has 0 bridgehead atoms. The number of nitrogens with zero attached hydrogens (tertiary/aromatic N) is 1. The first-order valence-electron chi connectivity index (χ1n) is 8.73. The number of benzene rings is 2. The van der Waals surface area contributed by atoms with Gasteiger partial charge in [-0.05, 0) is 36.2 Å². The monoisotopic (exact) mass is 344 g/mol. The highest BCUT2D eigenvalue weighted by Gasteiger charge is 2.31. The van der Waals surface area contributed by atoms with E-state index in [1.807, 2.05) is 73.7 Å². The topological polar surface area (TPSA) is 51.2 Å². The van der Waals surface area contributed by atoms with Crippen LogP contribution in [0.2, 0.25) is 0 Å². The number of nitrogens with one attached hydrogen (secondary N) is 1. The Morgan fingerprint density at radius 2 is 1.85 bits per heavy atom. The van der Waals surface area contributed by atoms with Gasteiger partial charge >= 0.3 is 0 Å². The van der Waals surface area contributed by atoms with Crippen molar-refractivity contribution >= 4 is 5.91 Å². The average molecular weight is 344 g/mol. The Morgan fingerprint density at radius 3 is 2.58 bits per heavy atom. The number of para-hydroxylation sites is 1. The molecule has 1 amide bonds. The molecule has 0 saturated heterocycles. The molecule has 3 aromatic rings. The molecule has 4 nitrogen and oxygen atoms in total. The zero-order chi connectivity index (χ0) is 17.9. The van der Waals surface area contributed by atoms with E-state index in [-0.39, 0.29) is 11.9 Å². The van der Waals surface area contributed by atoms with Gasteiger partial charge in [0.2, 0.25) is 0 Å². The van der Waals surface area contributed by atoms with Crippen LogP contribution in [0.4, 0.5) is 0 Å². The molecular formula is C22H20N2O2. The molecule has 26 heavy (non-hydrogen) atoms. The normalized spacial score (nSPS) is 16.4. The van der Waals surface area contributed by atoms with Gasteiger partial charge in [-0.25, -0.2) is 0 Å². The molecular weight excluding hydrogens is 324 g/mol. The molecule has 4 rings (SSSR count). The quantitative estimate of drug-likeness (QED) is 0.787. The second kappa shape index (κ2) is 7.00. The Bertz CT molecular complexity index is 882. The Kier molecular flexibility index (Phi) is 4.40.